The lowest BCUT2D eigenvalue weighted by Crippen LogP contribution is -2.37. The van der Waals surface area contributed by atoms with Gasteiger partial charge in [0.05, 0.1) is 13.2 Å². The molecule has 1 unspecified atom stereocenters. The summed E-state index contributed by atoms with van der Waals surface area (Å²) >= 11 is 1.56. The van der Waals surface area contributed by atoms with Crippen LogP contribution >= 0.6 is 11.8 Å². The van der Waals surface area contributed by atoms with Gasteiger partial charge in [-0.25, -0.2) is 4.39 Å². The fourth-order valence-electron chi connectivity index (χ4n) is 3.52. The van der Waals surface area contributed by atoms with Crippen molar-refractivity contribution in [2.24, 2.45) is 0 Å². The van der Waals surface area contributed by atoms with Gasteiger partial charge in [0.15, 0.2) is 0 Å². The van der Waals surface area contributed by atoms with Gasteiger partial charge in [-0.3, -0.25) is 9.69 Å². The highest BCUT2D eigenvalue weighted by atomic mass is 32.2. The van der Waals surface area contributed by atoms with Gasteiger partial charge in [0, 0.05) is 29.2 Å². The van der Waals surface area contributed by atoms with Crippen LogP contribution < -0.4 is 10.1 Å². The van der Waals surface area contributed by atoms with Crippen LogP contribution in [0.4, 0.5) is 4.39 Å². The molecular weight excluding hydrogens is 375 g/mol. The maximum absolute atomic E-state index is 12.9. The van der Waals surface area contributed by atoms with Crippen LogP contribution in [0.25, 0.3) is 0 Å². The van der Waals surface area contributed by atoms with Crippen molar-refractivity contribution in [2.45, 2.75) is 30.2 Å². The predicted octanol–water partition coefficient (Wildman–Crippen LogP) is 4.27. The zero-order valence-electron chi connectivity index (χ0n) is 16.2. The number of hydrogen-bond acceptors (Lipinski definition) is 4. The molecule has 4 nitrogen and oxygen atoms in total. The highest BCUT2D eigenvalue weighted by Crippen LogP contribution is 2.31. The van der Waals surface area contributed by atoms with Gasteiger partial charge in [-0.1, -0.05) is 18.2 Å². The molecule has 6 heteroatoms. The third-order valence-electron chi connectivity index (χ3n) is 4.98. The monoisotopic (exact) mass is 402 g/mol. The maximum atomic E-state index is 12.9. The van der Waals surface area contributed by atoms with E-state index < -0.39 is 0 Å². The molecule has 1 amide bonds. The summed E-state index contributed by atoms with van der Waals surface area (Å²) in [5.41, 5.74) is 1.12. The topological polar surface area (TPSA) is 41.6 Å². The van der Waals surface area contributed by atoms with Crippen molar-refractivity contribution in [3.05, 3.63) is 59.9 Å². The first-order valence-corrected chi connectivity index (χ1v) is 10.7. The van der Waals surface area contributed by atoms with Crippen molar-refractivity contribution in [3.8, 4) is 5.75 Å². The first kappa shape index (κ1) is 20.7. The molecule has 0 radical (unpaired) electrons. The summed E-state index contributed by atoms with van der Waals surface area (Å²) in [7, 11) is 1.69. The fourth-order valence-corrected chi connectivity index (χ4v) is 4.37. The molecular formula is C22H27FN2O2S. The number of carbonyl (C=O) groups is 1. The van der Waals surface area contributed by atoms with Gasteiger partial charge in [-0.05, 0) is 56.3 Å². The number of nitrogens with one attached hydrogen (secondary N) is 1. The molecule has 1 N–H and O–H groups in total. The van der Waals surface area contributed by atoms with Gasteiger partial charge >= 0.3 is 0 Å². The number of likely N-dealkylation sites (tertiary alicyclic amines) is 1. The molecule has 1 heterocycles. The lowest BCUT2D eigenvalue weighted by molar-refractivity contribution is -0.120. The van der Waals surface area contributed by atoms with Gasteiger partial charge in [0.1, 0.15) is 11.6 Å². The molecule has 1 fully saturated rings. The number of ether oxygens (including phenoxy) is 1. The first-order chi connectivity index (χ1) is 13.7. The van der Waals surface area contributed by atoms with Crippen molar-refractivity contribution >= 4 is 17.7 Å². The van der Waals surface area contributed by atoms with Crippen LogP contribution in [-0.2, 0) is 4.79 Å². The molecule has 1 saturated heterocycles. The molecule has 0 bridgehead atoms. The minimum atomic E-state index is -0.244. The summed E-state index contributed by atoms with van der Waals surface area (Å²) in [6.07, 6.45) is 2.81. The highest BCUT2D eigenvalue weighted by Gasteiger charge is 2.26. The summed E-state index contributed by atoms with van der Waals surface area (Å²) in [5.74, 6) is 1.32. The van der Waals surface area contributed by atoms with Crippen LogP contribution in [0, 0.1) is 5.82 Å². The van der Waals surface area contributed by atoms with Crippen molar-refractivity contribution < 1.29 is 13.9 Å². The summed E-state index contributed by atoms with van der Waals surface area (Å²) < 4.78 is 18.5. The van der Waals surface area contributed by atoms with Gasteiger partial charge in [0.25, 0.3) is 0 Å². The molecule has 2 aromatic rings. The molecule has 1 aliphatic heterocycles. The normalized spacial score (nSPS) is 15.4. The molecule has 1 aliphatic rings. The molecule has 1 atom stereocenters. The Morgan fingerprint density at radius 1 is 1.18 bits per heavy atom. The molecule has 0 spiro atoms. The summed E-state index contributed by atoms with van der Waals surface area (Å²) in [6.45, 7) is 2.65. The number of nitrogens with zero attached hydrogens (tertiary/aromatic N) is 1. The Balaban J connectivity index is 1.54. The summed E-state index contributed by atoms with van der Waals surface area (Å²) in [4.78, 5) is 15.8. The Morgan fingerprint density at radius 2 is 1.89 bits per heavy atom. The van der Waals surface area contributed by atoms with Crippen molar-refractivity contribution in [1.82, 2.24) is 10.2 Å². The van der Waals surface area contributed by atoms with E-state index in [-0.39, 0.29) is 17.8 Å². The fraction of sp³-hybridized carbons (Fsp3) is 0.409. The van der Waals surface area contributed by atoms with Crippen molar-refractivity contribution in [1.29, 1.82) is 0 Å². The van der Waals surface area contributed by atoms with Gasteiger partial charge in [-0.15, -0.1) is 11.8 Å². The third kappa shape index (κ3) is 5.72. The number of para-hydroxylation sites is 1. The number of thioether (sulfide) groups is 1. The van der Waals surface area contributed by atoms with E-state index in [0.717, 1.165) is 29.3 Å². The van der Waals surface area contributed by atoms with Gasteiger partial charge in [0.2, 0.25) is 5.91 Å². The molecule has 150 valence electrons. The number of amides is 1. The number of hydrogen-bond donors (Lipinski definition) is 1. The molecule has 0 saturated carbocycles. The van der Waals surface area contributed by atoms with Crippen molar-refractivity contribution in [3.63, 3.8) is 0 Å². The molecule has 0 aliphatic carbocycles. The number of rotatable bonds is 9. The first-order valence-electron chi connectivity index (χ1n) is 9.69. The van der Waals surface area contributed by atoms with Gasteiger partial charge < -0.3 is 10.1 Å². The van der Waals surface area contributed by atoms with Crippen LogP contribution in [-0.4, -0.2) is 43.3 Å². The molecule has 3 rings (SSSR count). The largest absolute Gasteiger partial charge is 0.496 e. The number of benzene rings is 2. The Kier molecular flexibility index (Phi) is 7.74. The SMILES string of the molecule is COc1ccccc1C(CNC(=O)CCSc1ccc(F)cc1)N1CCCC1. The second-order valence-electron chi connectivity index (χ2n) is 6.86. The molecule has 0 aromatic heterocycles. The Hall–Kier alpha value is -2.05. The smallest absolute Gasteiger partial charge is 0.220 e. The van der Waals surface area contributed by atoms with Crippen molar-refractivity contribution in [2.75, 3.05) is 32.5 Å². The maximum Gasteiger partial charge on any atom is 0.220 e. The van der Waals surface area contributed by atoms with E-state index in [1.54, 1.807) is 31.0 Å². The molecule has 28 heavy (non-hydrogen) atoms. The van der Waals surface area contributed by atoms with Gasteiger partial charge in [-0.2, -0.15) is 0 Å². The summed E-state index contributed by atoms with van der Waals surface area (Å²) in [5, 5.41) is 3.10. The zero-order chi connectivity index (χ0) is 19.8. The van der Waals surface area contributed by atoms with E-state index in [9.17, 15) is 9.18 Å². The second-order valence-corrected chi connectivity index (χ2v) is 8.03. The minimum absolute atomic E-state index is 0.0358. The number of carbonyl (C=O) groups excluding carboxylic acids is 1. The second kappa shape index (κ2) is 10.5. The van der Waals surface area contributed by atoms with E-state index in [2.05, 4.69) is 16.3 Å². The average Bonchev–Trinajstić information content (AvgIpc) is 3.24. The number of halogens is 1. The van der Waals surface area contributed by atoms with E-state index in [1.807, 2.05) is 18.2 Å². The quantitative estimate of drug-likeness (QED) is 0.636. The lowest BCUT2D eigenvalue weighted by Gasteiger charge is -2.29. The Morgan fingerprint density at radius 3 is 2.61 bits per heavy atom. The van der Waals surface area contributed by atoms with E-state index >= 15 is 0 Å². The third-order valence-corrected chi connectivity index (χ3v) is 6.00. The van der Waals surface area contributed by atoms with Crippen LogP contribution in [0.2, 0.25) is 0 Å². The Labute approximate surface area is 170 Å². The Bertz CT molecular complexity index is 763. The van der Waals surface area contributed by atoms with Crippen LogP contribution in [0.1, 0.15) is 30.9 Å². The van der Waals surface area contributed by atoms with Crippen LogP contribution in [0.15, 0.2) is 53.4 Å². The van der Waals surface area contributed by atoms with Crippen LogP contribution in [0.3, 0.4) is 0 Å². The van der Waals surface area contributed by atoms with E-state index in [0.29, 0.717) is 18.7 Å². The zero-order valence-corrected chi connectivity index (χ0v) is 17.0. The highest BCUT2D eigenvalue weighted by molar-refractivity contribution is 7.99. The lowest BCUT2D eigenvalue weighted by atomic mass is 10.0. The standard InChI is InChI=1S/C22H27FN2O2S/c1-27-21-7-3-2-6-19(21)20(25-13-4-5-14-25)16-24-22(26)12-15-28-18-10-8-17(23)9-11-18/h2-3,6-11,20H,4-5,12-16H2,1H3,(H,24,26). The molecule has 2 aromatic carbocycles. The predicted molar refractivity (Wildman–Crippen MR) is 111 cm³/mol. The average molecular weight is 403 g/mol. The van der Waals surface area contributed by atoms with E-state index in [4.69, 9.17) is 4.74 Å². The van der Waals surface area contributed by atoms with E-state index in [1.165, 1.54) is 25.0 Å². The number of methoxy groups -OCH3 is 1. The minimum Gasteiger partial charge on any atom is -0.496 e. The van der Waals surface area contributed by atoms with Crippen LogP contribution in [0.5, 0.6) is 5.75 Å². The summed E-state index contributed by atoms with van der Waals surface area (Å²) in [6, 6.07) is 14.5.